The maximum atomic E-state index is 12.8. The zero-order valence-electron chi connectivity index (χ0n) is 14.8. The van der Waals surface area contributed by atoms with Gasteiger partial charge in [0.05, 0.1) is 9.95 Å². The van der Waals surface area contributed by atoms with Crippen LogP contribution < -0.4 is 0 Å². The minimum atomic E-state index is -3.64. The van der Waals surface area contributed by atoms with E-state index in [1.807, 2.05) is 13.0 Å². The summed E-state index contributed by atoms with van der Waals surface area (Å²) in [6.07, 6.45) is 0. The smallest absolute Gasteiger partial charge is 0.269 e. The van der Waals surface area contributed by atoms with E-state index in [0.717, 1.165) is 5.56 Å². The number of hydrogen-bond donors (Lipinski definition) is 0. The lowest BCUT2D eigenvalue weighted by Gasteiger charge is -2.37. The molecule has 0 N–H and O–H groups in total. The number of hydrogen-bond acceptors (Lipinski definition) is 5. The molecule has 0 aliphatic carbocycles. The number of nitro groups is 1. The van der Waals surface area contributed by atoms with Crippen LogP contribution in [0.5, 0.6) is 0 Å². The highest BCUT2D eigenvalue weighted by molar-refractivity contribution is 7.89. The molecule has 7 nitrogen and oxygen atoms in total. The van der Waals surface area contributed by atoms with E-state index >= 15 is 0 Å². The van der Waals surface area contributed by atoms with Crippen molar-refractivity contribution in [2.24, 2.45) is 0 Å². The standard InChI is InChI=1S/C18H20ClN3O4S/c1-14(15-5-4-6-16(13-15)22(23)24)20-9-11-21(12-10-20)27(25,26)18-8-3-2-7-17(18)19/h2-8,13-14H,9-12H2,1H3. The topological polar surface area (TPSA) is 83.8 Å². The van der Waals surface area contributed by atoms with E-state index in [4.69, 9.17) is 11.6 Å². The Bertz CT molecular complexity index is 943. The summed E-state index contributed by atoms with van der Waals surface area (Å²) in [5.74, 6) is 0. The van der Waals surface area contributed by atoms with Crippen LogP contribution in [-0.2, 0) is 10.0 Å². The lowest BCUT2D eigenvalue weighted by molar-refractivity contribution is -0.385. The number of non-ortho nitro benzene ring substituents is 1. The van der Waals surface area contributed by atoms with Gasteiger partial charge in [-0.1, -0.05) is 35.9 Å². The minimum Gasteiger partial charge on any atom is -0.294 e. The van der Waals surface area contributed by atoms with Gasteiger partial charge in [0.15, 0.2) is 0 Å². The normalized spacial score (nSPS) is 17.6. The van der Waals surface area contributed by atoms with Gasteiger partial charge < -0.3 is 0 Å². The Kier molecular flexibility index (Phi) is 5.81. The maximum absolute atomic E-state index is 12.8. The summed E-state index contributed by atoms with van der Waals surface area (Å²) in [6, 6.07) is 12.9. The molecule has 0 aromatic heterocycles. The highest BCUT2D eigenvalue weighted by Crippen LogP contribution is 2.28. The Hall–Kier alpha value is -2.00. The fraction of sp³-hybridized carbons (Fsp3) is 0.333. The fourth-order valence-corrected chi connectivity index (χ4v) is 5.15. The molecule has 1 atom stereocenters. The molecule has 1 saturated heterocycles. The maximum Gasteiger partial charge on any atom is 0.269 e. The molecule has 1 aliphatic rings. The Morgan fingerprint density at radius 2 is 1.74 bits per heavy atom. The van der Waals surface area contributed by atoms with Crippen molar-refractivity contribution < 1.29 is 13.3 Å². The molecule has 9 heteroatoms. The van der Waals surface area contributed by atoms with Crippen molar-refractivity contribution in [1.82, 2.24) is 9.21 Å². The number of nitro benzene ring substituents is 1. The molecule has 1 heterocycles. The van der Waals surface area contributed by atoms with Crippen LogP contribution in [0.3, 0.4) is 0 Å². The lowest BCUT2D eigenvalue weighted by Crippen LogP contribution is -2.49. The van der Waals surface area contributed by atoms with Crippen molar-refractivity contribution >= 4 is 27.3 Å². The van der Waals surface area contributed by atoms with Crippen molar-refractivity contribution in [2.45, 2.75) is 17.9 Å². The Morgan fingerprint density at radius 1 is 1.07 bits per heavy atom. The molecule has 1 fully saturated rings. The summed E-state index contributed by atoms with van der Waals surface area (Å²) in [5.41, 5.74) is 0.894. The van der Waals surface area contributed by atoms with Gasteiger partial charge in [0.2, 0.25) is 10.0 Å². The highest BCUT2D eigenvalue weighted by Gasteiger charge is 2.31. The second-order valence-electron chi connectivity index (χ2n) is 6.40. The zero-order chi connectivity index (χ0) is 19.6. The first-order valence-electron chi connectivity index (χ1n) is 8.54. The van der Waals surface area contributed by atoms with Crippen LogP contribution in [-0.4, -0.2) is 48.7 Å². The van der Waals surface area contributed by atoms with Crippen molar-refractivity contribution in [1.29, 1.82) is 0 Å². The summed E-state index contributed by atoms with van der Waals surface area (Å²) >= 11 is 6.06. The molecular formula is C18H20ClN3O4S. The van der Waals surface area contributed by atoms with Crippen molar-refractivity contribution in [2.75, 3.05) is 26.2 Å². The Morgan fingerprint density at radius 3 is 2.37 bits per heavy atom. The van der Waals surface area contributed by atoms with Gasteiger partial charge in [0.25, 0.3) is 5.69 Å². The molecule has 0 radical (unpaired) electrons. The van der Waals surface area contributed by atoms with Crippen LogP contribution in [0.2, 0.25) is 5.02 Å². The molecular weight excluding hydrogens is 390 g/mol. The summed E-state index contributed by atoms with van der Waals surface area (Å²) < 4.78 is 27.1. The molecule has 27 heavy (non-hydrogen) atoms. The molecule has 144 valence electrons. The SMILES string of the molecule is CC(c1cccc([N+](=O)[O-])c1)N1CCN(S(=O)(=O)c2ccccc2Cl)CC1. The van der Waals surface area contributed by atoms with E-state index in [1.54, 1.807) is 30.3 Å². The quantitative estimate of drug-likeness (QED) is 0.558. The average molecular weight is 410 g/mol. The van der Waals surface area contributed by atoms with E-state index in [1.165, 1.54) is 16.4 Å². The Labute approximate surface area is 163 Å². The molecule has 1 aliphatic heterocycles. The molecule has 0 saturated carbocycles. The summed E-state index contributed by atoms with van der Waals surface area (Å²) in [4.78, 5) is 12.8. The summed E-state index contributed by atoms with van der Waals surface area (Å²) in [5, 5.41) is 11.2. The number of halogens is 1. The monoisotopic (exact) mass is 409 g/mol. The van der Waals surface area contributed by atoms with E-state index < -0.39 is 14.9 Å². The van der Waals surface area contributed by atoms with Crippen molar-refractivity contribution in [3.63, 3.8) is 0 Å². The van der Waals surface area contributed by atoms with Crippen LogP contribution in [0.4, 0.5) is 5.69 Å². The van der Waals surface area contributed by atoms with E-state index in [-0.39, 0.29) is 21.6 Å². The number of piperazine rings is 1. The number of rotatable bonds is 5. The number of nitrogens with zero attached hydrogens (tertiary/aromatic N) is 3. The molecule has 1 unspecified atom stereocenters. The Balaban J connectivity index is 1.71. The van der Waals surface area contributed by atoms with E-state index in [2.05, 4.69) is 4.90 Å². The van der Waals surface area contributed by atoms with E-state index in [9.17, 15) is 18.5 Å². The largest absolute Gasteiger partial charge is 0.294 e. The summed E-state index contributed by atoms with van der Waals surface area (Å²) in [7, 11) is -3.64. The molecule has 3 rings (SSSR count). The van der Waals surface area contributed by atoms with Gasteiger partial charge in [-0.05, 0) is 24.6 Å². The third kappa shape index (κ3) is 4.14. The molecule has 2 aromatic carbocycles. The van der Waals surface area contributed by atoms with Crippen LogP contribution in [0, 0.1) is 10.1 Å². The molecule has 0 bridgehead atoms. The van der Waals surface area contributed by atoms with Crippen molar-refractivity contribution in [3.05, 3.63) is 69.2 Å². The molecule has 2 aromatic rings. The first-order chi connectivity index (χ1) is 12.8. The first kappa shape index (κ1) is 19.8. The summed E-state index contributed by atoms with van der Waals surface area (Å²) in [6.45, 7) is 3.72. The zero-order valence-corrected chi connectivity index (χ0v) is 16.4. The number of sulfonamides is 1. The lowest BCUT2D eigenvalue weighted by atomic mass is 10.1. The van der Waals surface area contributed by atoms with Gasteiger partial charge in [-0.2, -0.15) is 4.31 Å². The van der Waals surface area contributed by atoms with Gasteiger partial charge >= 0.3 is 0 Å². The highest BCUT2D eigenvalue weighted by atomic mass is 35.5. The van der Waals surface area contributed by atoms with Crippen LogP contribution in [0.25, 0.3) is 0 Å². The third-order valence-electron chi connectivity index (χ3n) is 4.84. The molecule has 0 spiro atoms. The van der Waals surface area contributed by atoms with Gasteiger partial charge in [-0.15, -0.1) is 0 Å². The predicted molar refractivity (Wildman–Crippen MR) is 103 cm³/mol. The number of benzene rings is 2. The van der Waals surface area contributed by atoms with Crippen LogP contribution in [0.1, 0.15) is 18.5 Å². The first-order valence-corrected chi connectivity index (χ1v) is 10.4. The van der Waals surface area contributed by atoms with Crippen molar-refractivity contribution in [3.8, 4) is 0 Å². The van der Waals surface area contributed by atoms with Gasteiger partial charge in [0.1, 0.15) is 4.90 Å². The van der Waals surface area contributed by atoms with Gasteiger partial charge in [-0.25, -0.2) is 8.42 Å². The van der Waals surface area contributed by atoms with Gasteiger partial charge in [0, 0.05) is 44.4 Å². The molecule has 0 amide bonds. The third-order valence-corrected chi connectivity index (χ3v) is 7.24. The minimum absolute atomic E-state index is 0.0462. The fourth-order valence-electron chi connectivity index (χ4n) is 3.23. The van der Waals surface area contributed by atoms with Crippen LogP contribution in [0.15, 0.2) is 53.4 Å². The second kappa shape index (κ2) is 7.93. The van der Waals surface area contributed by atoms with E-state index in [0.29, 0.717) is 26.2 Å². The predicted octanol–water partition coefficient (Wildman–Crippen LogP) is 3.32. The second-order valence-corrected chi connectivity index (χ2v) is 8.71. The van der Waals surface area contributed by atoms with Crippen LogP contribution >= 0.6 is 11.6 Å². The average Bonchev–Trinajstić information content (AvgIpc) is 2.68. The van der Waals surface area contributed by atoms with Gasteiger partial charge in [-0.3, -0.25) is 15.0 Å².